The number of carboxylic acids is 1. The second kappa shape index (κ2) is 3.77. The molecule has 17 heavy (non-hydrogen) atoms. The van der Waals surface area contributed by atoms with E-state index in [1.807, 2.05) is 17.8 Å². The van der Waals surface area contributed by atoms with Crippen molar-refractivity contribution in [1.82, 2.24) is 0 Å². The molecule has 1 aliphatic heterocycles. The average molecular weight is 248 g/mol. The highest BCUT2D eigenvalue weighted by Gasteiger charge is 2.46. The van der Waals surface area contributed by atoms with Gasteiger partial charge in [0.25, 0.3) is 0 Å². The molecule has 3 rings (SSSR count). The summed E-state index contributed by atoms with van der Waals surface area (Å²) in [7, 11) is 0. The molecular weight excluding hydrogens is 232 g/mol. The van der Waals surface area contributed by atoms with Crippen LogP contribution in [0.4, 0.5) is 0 Å². The van der Waals surface area contributed by atoms with Gasteiger partial charge in [-0.05, 0) is 36.5 Å². The van der Waals surface area contributed by atoms with Crippen molar-refractivity contribution in [1.29, 1.82) is 0 Å². The fourth-order valence-electron chi connectivity index (χ4n) is 2.86. The number of thioether (sulfide) groups is 1. The number of hydrogen-bond donors (Lipinski definition) is 1. The van der Waals surface area contributed by atoms with Gasteiger partial charge in [-0.3, -0.25) is 4.79 Å². The van der Waals surface area contributed by atoms with Crippen molar-refractivity contribution in [2.45, 2.75) is 48.2 Å². The van der Waals surface area contributed by atoms with Crippen molar-refractivity contribution >= 4 is 17.7 Å². The SMILES string of the molecule is CC1Cc2ccc(C3(C(=O)O)CCC3)cc2S1. The molecule has 1 saturated carbocycles. The van der Waals surface area contributed by atoms with Gasteiger partial charge in [-0.1, -0.05) is 25.5 Å². The molecule has 3 heteroatoms. The molecule has 1 aromatic carbocycles. The number of benzene rings is 1. The van der Waals surface area contributed by atoms with E-state index in [2.05, 4.69) is 19.1 Å². The standard InChI is InChI=1S/C14H16O2S/c1-9-7-10-3-4-11(8-12(10)17-9)14(13(15)16)5-2-6-14/h3-4,8-9H,2,5-7H2,1H3,(H,15,16). The van der Waals surface area contributed by atoms with Crippen LogP contribution >= 0.6 is 11.8 Å². The Bertz CT molecular complexity index is 477. The number of carbonyl (C=O) groups is 1. The number of fused-ring (bicyclic) bond motifs is 1. The smallest absolute Gasteiger partial charge is 0.314 e. The summed E-state index contributed by atoms with van der Waals surface area (Å²) in [5, 5.41) is 10.1. The first-order chi connectivity index (χ1) is 8.12. The third-order valence-corrected chi connectivity index (χ3v) is 5.27. The van der Waals surface area contributed by atoms with Crippen molar-refractivity contribution in [3.63, 3.8) is 0 Å². The molecule has 1 fully saturated rings. The molecule has 1 heterocycles. The predicted molar refractivity (Wildman–Crippen MR) is 68.6 cm³/mol. The molecule has 1 unspecified atom stereocenters. The van der Waals surface area contributed by atoms with E-state index in [1.54, 1.807) is 0 Å². The van der Waals surface area contributed by atoms with Gasteiger partial charge in [-0.15, -0.1) is 11.8 Å². The lowest BCUT2D eigenvalue weighted by Crippen LogP contribution is -2.42. The van der Waals surface area contributed by atoms with Gasteiger partial charge in [0.05, 0.1) is 5.41 Å². The zero-order valence-electron chi connectivity index (χ0n) is 9.90. The summed E-state index contributed by atoms with van der Waals surface area (Å²) < 4.78 is 0. The van der Waals surface area contributed by atoms with E-state index in [-0.39, 0.29) is 0 Å². The van der Waals surface area contributed by atoms with Gasteiger partial charge in [-0.2, -0.15) is 0 Å². The van der Waals surface area contributed by atoms with Gasteiger partial charge in [-0.25, -0.2) is 0 Å². The summed E-state index contributed by atoms with van der Waals surface area (Å²) in [5.41, 5.74) is 1.81. The second-order valence-electron chi connectivity index (χ2n) is 5.20. The van der Waals surface area contributed by atoms with Crippen molar-refractivity contribution < 1.29 is 9.90 Å². The molecule has 0 radical (unpaired) electrons. The molecule has 0 saturated heterocycles. The third-order valence-electron chi connectivity index (χ3n) is 4.07. The Morgan fingerprint density at radius 3 is 2.82 bits per heavy atom. The van der Waals surface area contributed by atoms with Crippen LogP contribution in [0.5, 0.6) is 0 Å². The van der Waals surface area contributed by atoms with E-state index in [0.717, 1.165) is 31.2 Å². The maximum atomic E-state index is 11.5. The van der Waals surface area contributed by atoms with Crippen molar-refractivity contribution in [2.24, 2.45) is 0 Å². The highest BCUT2D eigenvalue weighted by molar-refractivity contribution is 8.00. The quantitative estimate of drug-likeness (QED) is 0.873. The van der Waals surface area contributed by atoms with Crippen LogP contribution in [0.25, 0.3) is 0 Å². The molecular formula is C14H16O2S. The number of hydrogen-bond acceptors (Lipinski definition) is 2. The van der Waals surface area contributed by atoms with Crippen molar-refractivity contribution in [2.75, 3.05) is 0 Å². The molecule has 0 bridgehead atoms. The van der Waals surface area contributed by atoms with Crippen molar-refractivity contribution in [3.8, 4) is 0 Å². The van der Waals surface area contributed by atoms with E-state index in [9.17, 15) is 9.90 Å². The lowest BCUT2D eigenvalue weighted by Gasteiger charge is -2.38. The Morgan fingerprint density at radius 1 is 1.47 bits per heavy atom. The topological polar surface area (TPSA) is 37.3 Å². The van der Waals surface area contributed by atoms with E-state index in [4.69, 9.17) is 0 Å². The van der Waals surface area contributed by atoms with Gasteiger partial charge >= 0.3 is 5.97 Å². The molecule has 0 amide bonds. The molecule has 1 aromatic rings. The first-order valence-electron chi connectivity index (χ1n) is 6.15. The van der Waals surface area contributed by atoms with Gasteiger partial charge in [0, 0.05) is 10.1 Å². The summed E-state index contributed by atoms with van der Waals surface area (Å²) in [5.74, 6) is -0.653. The third kappa shape index (κ3) is 1.60. The molecule has 1 N–H and O–H groups in total. The Morgan fingerprint density at radius 2 is 2.24 bits per heavy atom. The van der Waals surface area contributed by atoms with Crippen LogP contribution in [0, 0.1) is 0 Å². The highest BCUT2D eigenvalue weighted by atomic mass is 32.2. The highest BCUT2D eigenvalue weighted by Crippen LogP contribution is 2.46. The number of aliphatic carboxylic acids is 1. The largest absolute Gasteiger partial charge is 0.481 e. The summed E-state index contributed by atoms with van der Waals surface area (Å²) >= 11 is 1.87. The van der Waals surface area contributed by atoms with Crippen LogP contribution in [0.1, 0.15) is 37.3 Å². The van der Waals surface area contributed by atoms with Gasteiger partial charge in [0.2, 0.25) is 0 Å². The lowest BCUT2D eigenvalue weighted by molar-refractivity contribution is -0.147. The van der Waals surface area contributed by atoms with Crippen LogP contribution in [-0.4, -0.2) is 16.3 Å². The van der Waals surface area contributed by atoms with E-state index in [0.29, 0.717) is 5.25 Å². The minimum absolute atomic E-state index is 0.582. The molecule has 0 spiro atoms. The first kappa shape index (κ1) is 11.1. The van der Waals surface area contributed by atoms with Gasteiger partial charge < -0.3 is 5.11 Å². The fourth-order valence-corrected chi connectivity index (χ4v) is 4.05. The molecule has 0 aromatic heterocycles. The first-order valence-corrected chi connectivity index (χ1v) is 7.03. The molecule has 90 valence electrons. The molecule has 1 aliphatic carbocycles. The zero-order chi connectivity index (χ0) is 12.0. The van der Waals surface area contributed by atoms with Crippen LogP contribution in [0.2, 0.25) is 0 Å². The summed E-state index contributed by atoms with van der Waals surface area (Å²) in [6.45, 7) is 2.22. The maximum Gasteiger partial charge on any atom is 0.314 e. The van der Waals surface area contributed by atoms with Crippen LogP contribution in [0.15, 0.2) is 23.1 Å². The van der Waals surface area contributed by atoms with Gasteiger partial charge in [0.15, 0.2) is 0 Å². The summed E-state index contributed by atoms with van der Waals surface area (Å²) in [6, 6.07) is 6.28. The summed E-state index contributed by atoms with van der Waals surface area (Å²) in [6.07, 6.45) is 3.73. The Kier molecular flexibility index (Phi) is 2.47. The van der Waals surface area contributed by atoms with Crippen LogP contribution < -0.4 is 0 Å². The normalized spacial score (nSPS) is 25.1. The maximum absolute atomic E-state index is 11.5. The van der Waals surface area contributed by atoms with E-state index in [1.165, 1.54) is 10.5 Å². The van der Waals surface area contributed by atoms with E-state index < -0.39 is 11.4 Å². The number of carboxylic acid groups (broad SMARTS) is 1. The molecule has 1 atom stereocenters. The minimum Gasteiger partial charge on any atom is -0.481 e. The Labute approximate surface area is 105 Å². The monoisotopic (exact) mass is 248 g/mol. The van der Waals surface area contributed by atoms with E-state index >= 15 is 0 Å². The fraction of sp³-hybridized carbons (Fsp3) is 0.500. The zero-order valence-corrected chi connectivity index (χ0v) is 10.7. The predicted octanol–water partition coefficient (Wildman–Crippen LogP) is 3.23. The van der Waals surface area contributed by atoms with Crippen LogP contribution in [-0.2, 0) is 16.6 Å². The Hall–Kier alpha value is -0.960. The average Bonchev–Trinajstić information content (AvgIpc) is 2.54. The second-order valence-corrected chi connectivity index (χ2v) is 6.68. The van der Waals surface area contributed by atoms with Gasteiger partial charge in [0.1, 0.15) is 0 Å². The molecule has 2 nitrogen and oxygen atoms in total. The Balaban J connectivity index is 2.00. The van der Waals surface area contributed by atoms with Crippen LogP contribution in [0.3, 0.4) is 0 Å². The molecule has 2 aliphatic rings. The lowest BCUT2D eigenvalue weighted by atomic mass is 9.64. The minimum atomic E-state index is -0.653. The van der Waals surface area contributed by atoms with Crippen molar-refractivity contribution in [3.05, 3.63) is 29.3 Å². The summed E-state index contributed by atoms with van der Waals surface area (Å²) in [4.78, 5) is 12.8. The number of rotatable bonds is 2.